The van der Waals surface area contributed by atoms with Crippen molar-refractivity contribution >= 4 is 23.4 Å². The van der Waals surface area contributed by atoms with Gasteiger partial charge in [-0.05, 0) is 31.0 Å². The van der Waals surface area contributed by atoms with E-state index >= 15 is 0 Å². The Kier molecular flexibility index (Phi) is 4.54. The molecule has 1 fully saturated rings. The van der Waals surface area contributed by atoms with Crippen LogP contribution in [0.15, 0.2) is 24.4 Å². The van der Waals surface area contributed by atoms with Crippen LogP contribution < -0.4 is 16.0 Å². The number of benzene rings is 1. The molecule has 1 aromatic carbocycles. The molecule has 2 aromatic rings. The third-order valence-electron chi connectivity index (χ3n) is 4.45. The number of carbonyl (C=O) groups excluding carboxylic acids is 2. The van der Waals surface area contributed by atoms with E-state index in [1.54, 1.807) is 21.6 Å². The molecule has 0 radical (unpaired) electrons. The number of nitrogens with two attached hydrogens (primary N) is 1. The second kappa shape index (κ2) is 6.80. The summed E-state index contributed by atoms with van der Waals surface area (Å²) < 4.78 is 6.36. The van der Waals surface area contributed by atoms with Gasteiger partial charge in [0, 0.05) is 19.3 Å². The molecule has 3 N–H and O–H groups in total. The lowest BCUT2D eigenvalue weighted by atomic mass is 10.1. The number of carbonyl (C=O) groups is 2. The van der Waals surface area contributed by atoms with Crippen molar-refractivity contribution in [3.8, 4) is 11.8 Å². The van der Waals surface area contributed by atoms with Gasteiger partial charge in [0.25, 0.3) is 0 Å². The zero-order valence-corrected chi connectivity index (χ0v) is 14.6. The number of methoxy groups -OCH3 is 1. The topological polar surface area (TPSA) is 113 Å². The number of hydrogen-bond acceptors (Lipinski definition) is 5. The molecule has 1 aromatic heterocycles. The molecule has 0 atom stereocenters. The highest BCUT2D eigenvalue weighted by molar-refractivity contribution is 5.97. The summed E-state index contributed by atoms with van der Waals surface area (Å²) >= 11 is 0. The number of ether oxygens (including phenoxy) is 1. The summed E-state index contributed by atoms with van der Waals surface area (Å²) in [6.07, 6.45) is 2.35. The maximum Gasteiger partial charge on any atom is 0.357 e. The van der Waals surface area contributed by atoms with Gasteiger partial charge in [-0.2, -0.15) is 5.26 Å². The second-order valence-electron chi connectivity index (χ2n) is 5.94. The smallest absolute Gasteiger partial charge is 0.357 e. The van der Waals surface area contributed by atoms with Crippen molar-refractivity contribution < 1.29 is 14.3 Å². The third-order valence-corrected chi connectivity index (χ3v) is 4.45. The fourth-order valence-corrected chi connectivity index (χ4v) is 3.13. The Morgan fingerprint density at radius 1 is 1.38 bits per heavy atom. The average molecular weight is 353 g/mol. The average Bonchev–Trinajstić information content (AvgIpc) is 2.98. The number of nitrogen functional groups attached to an aromatic ring is 1. The van der Waals surface area contributed by atoms with Crippen molar-refractivity contribution in [1.29, 1.82) is 5.26 Å². The maximum absolute atomic E-state index is 12.2. The lowest BCUT2D eigenvalue weighted by Crippen LogP contribution is -2.46. The van der Waals surface area contributed by atoms with E-state index in [0.717, 1.165) is 17.7 Å². The van der Waals surface area contributed by atoms with Gasteiger partial charge in [-0.15, -0.1) is 0 Å². The molecule has 0 bridgehead atoms. The fraction of sp³-hybridized carbons (Fsp3) is 0.278. The number of amides is 2. The summed E-state index contributed by atoms with van der Waals surface area (Å²) in [6.45, 7) is 3.12. The highest BCUT2D eigenvalue weighted by atomic mass is 16.5. The van der Waals surface area contributed by atoms with E-state index < -0.39 is 5.97 Å². The predicted octanol–water partition coefficient (Wildman–Crippen LogP) is 1.95. The number of nitrogens with zero attached hydrogens (tertiary/aromatic N) is 3. The number of anilines is 2. The molecule has 3 rings (SSSR count). The Hall–Kier alpha value is -3.47. The number of esters is 1. The number of rotatable bonds is 3. The van der Waals surface area contributed by atoms with Crippen LogP contribution in [0.1, 0.15) is 28.0 Å². The zero-order chi connectivity index (χ0) is 18.8. The molecule has 2 amide bonds. The normalized spacial score (nSPS) is 13.9. The van der Waals surface area contributed by atoms with E-state index in [1.165, 1.54) is 13.3 Å². The molecular formula is C18H19N5O3. The second-order valence-corrected chi connectivity index (χ2v) is 5.94. The first kappa shape index (κ1) is 17.4. The summed E-state index contributed by atoms with van der Waals surface area (Å²) in [5.41, 5.74) is 8.48. The Bertz CT molecular complexity index is 926. The van der Waals surface area contributed by atoms with E-state index in [2.05, 4.69) is 5.32 Å². The zero-order valence-electron chi connectivity index (χ0n) is 14.6. The first-order valence-corrected chi connectivity index (χ1v) is 8.14. The van der Waals surface area contributed by atoms with Gasteiger partial charge in [0.15, 0.2) is 5.69 Å². The molecule has 1 aliphatic rings. The van der Waals surface area contributed by atoms with Crippen molar-refractivity contribution in [2.75, 3.05) is 30.8 Å². The van der Waals surface area contributed by atoms with E-state index in [4.69, 9.17) is 10.5 Å². The van der Waals surface area contributed by atoms with Crippen molar-refractivity contribution in [1.82, 2.24) is 9.88 Å². The highest BCUT2D eigenvalue weighted by Gasteiger charge is 2.25. The van der Waals surface area contributed by atoms with Crippen molar-refractivity contribution in [3.63, 3.8) is 0 Å². The minimum atomic E-state index is -0.635. The summed E-state index contributed by atoms with van der Waals surface area (Å²) in [5.74, 6) is -0.635. The van der Waals surface area contributed by atoms with Gasteiger partial charge in [-0.1, -0.05) is 6.07 Å². The van der Waals surface area contributed by atoms with Crippen molar-refractivity contribution in [3.05, 3.63) is 41.2 Å². The van der Waals surface area contributed by atoms with Gasteiger partial charge in [0.2, 0.25) is 0 Å². The molecule has 134 valence electrons. The standard InChI is InChI=1S/C18H19N5O3/c1-11-13(22-8-4-7-21-18(22)25)5-3-6-14(11)23-10-12(9-19)15(20)16(23)17(24)26-2/h3,5-6,10H,4,7-8,20H2,1-2H3,(H,21,25). The molecule has 2 heterocycles. The quantitative estimate of drug-likeness (QED) is 0.819. The molecular weight excluding hydrogens is 334 g/mol. The summed E-state index contributed by atoms with van der Waals surface area (Å²) in [5, 5.41) is 12.1. The van der Waals surface area contributed by atoms with Crippen LogP contribution in [0.5, 0.6) is 0 Å². The summed E-state index contributed by atoms with van der Waals surface area (Å²) in [4.78, 5) is 26.1. The van der Waals surface area contributed by atoms with Crippen LogP contribution in [0.25, 0.3) is 5.69 Å². The number of nitriles is 1. The van der Waals surface area contributed by atoms with Crippen molar-refractivity contribution in [2.45, 2.75) is 13.3 Å². The van der Waals surface area contributed by atoms with Crippen molar-refractivity contribution in [2.24, 2.45) is 0 Å². The number of hydrogen-bond donors (Lipinski definition) is 2. The molecule has 0 unspecified atom stereocenters. The highest BCUT2D eigenvalue weighted by Crippen LogP contribution is 2.31. The van der Waals surface area contributed by atoms with Crippen LogP contribution in [0.2, 0.25) is 0 Å². The van der Waals surface area contributed by atoms with Gasteiger partial charge < -0.3 is 20.4 Å². The van der Waals surface area contributed by atoms with Crippen LogP contribution >= 0.6 is 0 Å². The summed E-state index contributed by atoms with van der Waals surface area (Å²) in [7, 11) is 1.26. The molecule has 1 aliphatic heterocycles. The Balaban J connectivity index is 2.17. The number of aromatic nitrogens is 1. The summed E-state index contributed by atoms with van der Waals surface area (Å²) in [6, 6.07) is 7.26. The molecule has 0 aliphatic carbocycles. The first-order chi connectivity index (χ1) is 12.5. The van der Waals surface area contributed by atoms with Gasteiger partial charge in [-0.25, -0.2) is 9.59 Å². The molecule has 8 nitrogen and oxygen atoms in total. The molecule has 1 saturated heterocycles. The van der Waals surface area contributed by atoms with Gasteiger partial charge in [-0.3, -0.25) is 4.90 Å². The minimum Gasteiger partial charge on any atom is -0.464 e. The monoisotopic (exact) mass is 353 g/mol. The van der Waals surface area contributed by atoms with Crippen LogP contribution in [0, 0.1) is 18.3 Å². The van der Waals surface area contributed by atoms with E-state index in [-0.39, 0.29) is 23.0 Å². The molecule has 0 saturated carbocycles. The number of urea groups is 1. The SMILES string of the molecule is COC(=O)c1c(N)c(C#N)cn1-c1cccc(N2CCCNC2=O)c1C. The maximum atomic E-state index is 12.2. The largest absolute Gasteiger partial charge is 0.464 e. The van der Waals surface area contributed by atoms with E-state index in [1.807, 2.05) is 19.1 Å². The fourth-order valence-electron chi connectivity index (χ4n) is 3.13. The van der Waals surface area contributed by atoms with Gasteiger partial charge >= 0.3 is 12.0 Å². The Morgan fingerprint density at radius 2 is 2.12 bits per heavy atom. The van der Waals surface area contributed by atoms with Crippen LogP contribution in [0.3, 0.4) is 0 Å². The lowest BCUT2D eigenvalue weighted by Gasteiger charge is -2.29. The van der Waals surface area contributed by atoms with Gasteiger partial charge in [0.1, 0.15) is 6.07 Å². The minimum absolute atomic E-state index is 0.0693. The molecule has 8 heteroatoms. The Morgan fingerprint density at radius 3 is 2.77 bits per heavy atom. The Labute approximate surface area is 150 Å². The molecule has 0 spiro atoms. The molecule has 26 heavy (non-hydrogen) atoms. The van der Waals surface area contributed by atoms with Gasteiger partial charge in [0.05, 0.1) is 29.7 Å². The third kappa shape index (κ3) is 2.73. The predicted molar refractivity (Wildman–Crippen MR) is 96.3 cm³/mol. The van der Waals surface area contributed by atoms with Crippen LogP contribution in [-0.2, 0) is 4.74 Å². The lowest BCUT2D eigenvalue weighted by molar-refractivity contribution is 0.0593. The first-order valence-electron chi connectivity index (χ1n) is 8.14. The van der Waals surface area contributed by atoms with Crippen LogP contribution in [-0.4, -0.2) is 36.8 Å². The van der Waals surface area contributed by atoms with E-state index in [0.29, 0.717) is 18.8 Å². The van der Waals surface area contributed by atoms with E-state index in [9.17, 15) is 14.9 Å². The number of nitrogens with one attached hydrogen (secondary N) is 1. The van der Waals surface area contributed by atoms with Crippen LogP contribution in [0.4, 0.5) is 16.2 Å².